The van der Waals surface area contributed by atoms with Gasteiger partial charge >= 0.3 is 0 Å². The van der Waals surface area contributed by atoms with Gasteiger partial charge < -0.3 is 20.9 Å². The first-order valence-electron chi connectivity index (χ1n) is 10.2. The van der Waals surface area contributed by atoms with Gasteiger partial charge in [0, 0.05) is 53.8 Å². The first-order chi connectivity index (χ1) is 14.9. The molecule has 1 aromatic heterocycles. The molecule has 1 aliphatic rings. The molecule has 1 saturated carbocycles. The number of hydrogen-bond donors (Lipinski definition) is 3. The Morgan fingerprint density at radius 2 is 1.94 bits per heavy atom. The Kier molecular flexibility index (Phi) is 5.70. The minimum absolute atomic E-state index is 0.0760. The van der Waals surface area contributed by atoms with Gasteiger partial charge in [-0.05, 0) is 31.0 Å². The lowest BCUT2D eigenvalue weighted by Gasteiger charge is -2.23. The van der Waals surface area contributed by atoms with Gasteiger partial charge in [0.25, 0.3) is 5.91 Å². The van der Waals surface area contributed by atoms with E-state index in [0.29, 0.717) is 11.1 Å². The molecule has 2 aromatic carbocycles. The number of nitrogens with two attached hydrogens (primary N) is 1. The monoisotopic (exact) mass is 422 g/mol. The predicted molar refractivity (Wildman–Crippen MR) is 114 cm³/mol. The van der Waals surface area contributed by atoms with E-state index < -0.39 is 11.7 Å². The van der Waals surface area contributed by atoms with E-state index in [4.69, 9.17) is 5.73 Å². The number of para-hydroxylation sites is 1. The van der Waals surface area contributed by atoms with E-state index in [-0.39, 0.29) is 42.9 Å². The summed E-state index contributed by atoms with van der Waals surface area (Å²) < 4.78 is 14.4. The number of carbonyl (C=O) groups is 3. The van der Waals surface area contributed by atoms with Crippen molar-refractivity contribution in [1.29, 1.82) is 0 Å². The number of H-pyrrole nitrogens is 1. The Morgan fingerprint density at radius 1 is 1.16 bits per heavy atom. The van der Waals surface area contributed by atoms with E-state index in [2.05, 4.69) is 10.3 Å². The number of nitrogens with zero attached hydrogens (tertiary/aromatic N) is 1. The van der Waals surface area contributed by atoms with E-state index in [1.807, 2.05) is 24.3 Å². The Bertz CT molecular complexity index is 1150. The number of aromatic amines is 1. The summed E-state index contributed by atoms with van der Waals surface area (Å²) in [5.74, 6) is -1.68. The molecule has 160 valence electrons. The molecule has 1 aliphatic carbocycles. The summed E-state index contributed by atoms with van der Waals surface area (Å²) in [6, 6.07) is 11.6. The van der Waals surface area contributed by atoms with Gasteiger partial charge in [0.1, 0.15) is 5.82 Å². The van der Waals surface area contributed by atoms with Crippen LogP contribution in [0.2, 0.25) is 0 Å². The molecule has 1 fully saturated rings. The number of hydrogen-bond acceptors (Lipinski definition) is 3. The van der Waals surface area contributed by atoms with Gasteiger partial charge in [0.2, 0.25) is 11.8 Å². The maximum Gasteiger partial charge on any atom is 0.253 e. The summed E-state index contributed by atoms with van der Waals surface area (Å²) >= 11 is 0. The lowest BCUT2D eigenvalue weighted by molar-refractivity contribution is -0.132. The highest BCUT2D eigenvalue weighted by molar-refractivity contribution is 6.06. The minimum Gasteiger partial charge on any atom is -0.366 e. The van der Waals surface area contributed by atoms with Crippen molar-refractivity contribution in [2.24, 2.45) is 5.73 Å². The van der Waals surface area contributed by atoms with Gasteiger partial charge in [-0.1, -0.05) is 24.3 Å². The molecule has 3 aromatic rings. The van der Waals surface area contributed by atoms with Crippen LogP contribution in [-0.4, -0.2) is 40.2 Å². The molecule has 0 radical (unpaired) electrons. The van der Waals surface area contributed by atoms with Gasteiger partial charge in [-0.3, -0.25) is 14.4 Å². The van der Waals surface area contributed by atoms with Crippen molar-refractivity contribution in [1.82, 2.24) is 15.2 Å². The number of carbonyl (C=O) groups excluding carboxylic acids is 3. The summed E-state index contributed by atoms with van der Waals surface area (Å²) in [5.41, 5.74) is 6.99. The highest BCUT2D eigenvalue weighted by Gasteiger charge is 2.32. The molecule has 8 heteroatoms. The molecule has 0 unspecified atom stereocenters. The fraction of sp³-hybridized carbons (Fsp3) is 0.261. The Balaban J connectivity index is 1.36. The quantitative estimate of drug-likeness (QED) is 0.519. The average molecular weight is 422 g/mol. The molecule has 31 heavy (non-hydrogen) atoms. The number of nitrogens with one attached hydrogen (secondary N) is 2. The molecule has 0 spiro atoms. The SMILES string of the molecule is NC(=O)c1ccc(CN(C(=O)CCNC(=O)c2c[nH]c3ccccc23)C2CC2)c(F)c1. The lowest BCUT2D eigenvalue weighted by Crippen LogP contribution is -2.36. The molecular formula is C23H23FN4O3. The van der Waals surface area contributed by atoms with Gasteiger partial charge in [0.05, 0.1) is 5.56 Å². The summed E-state index contributed by atoms with van der Waals surface area (Å²) in [6.45, 7) is 0.300. The van der Waals surface area contributed by atoms with Crippen molar-refractivity contribution in [3.8, 4) is 0 Å². The van der Waals surface area contributed by atoms with Gasteiger partial charge in [-0.2, -0.15) is 0 Å². The van der Waals surface area contributed by atoms with Crippen LogP contribution in [0.25, 0.3) is 10.9 Å². The van der Waals surface area contributed by atoms with E-state index in [9.17, 15) is 18.8 Å². The number of primary amides is 1. The van der Waals surface area contributed by atoms with Crippen LogP contribution >= 0.6 is 0 Å². The van der Waals surface area contributed by atoms with E-state index in [1.165, 1.54) is 12.1 Å². The third-order valence-electron chi connectivity index (χ3n) is 5.44. The average Bonchev–Trinajstić information content (AvgIpc) is 3.50. The minimum atomic E-state index is -0.702. The molecule has 0 bridgehead atoms. The van der Waals surface area contributed by atoms with Crippen molar-refractivity contribution in [2.75, 3.05) is 6.54 Å². The predicted octanol–water partition coefficient (Wildman–Crippen LogP) is 2.72. The Hall–Kier alpha value is -3.68. The second-order valence-electron chi connectivity index (χ2n) is 7.68. The fourth-order valence-corrected chi connectivity index (χ4v) is 3.60. The summed E-state index contributed by atoms with van der Waals surface area (Å²) in [5, 5.41) is 3.61. The van der Waals surface area contributed by atoms with Crippen LogP contribution in [-0.2, 0) is 11.3 Å². The standard InChI is InChI=1S/C23H23FN4O3/c24-19-11-14(22(25)30)5-6-15(19)13-28(16-7-8-16)21(29)9-10-26-23(31)18-12-27-20-4-2-1-3-17(18)20/h1-6,11-12,16,27H,7-10,13H2,(H2,25,30)(H,26,31). The summed E-state index contributed by atoms with van der Waals surface area (Å²) in [7, 11) is 0. The normalized spacial score (nSPS) is 13.2. The van der Waals surface area contributed by atoms with Gasteiger partial charge in [-0.25, -0.2) is 4.39 Å². The van der Waals surface area contributed by atoms with Crippen LogP contribution in [0.15, 0.2) is 48.7 Å². The number of amides is 3. The van der Waals surface area contributed by atoms with E-state index >= 15 is 0 Å². The smallest absolute Gasteiger partial charge is 0.253 e. The molecule has 4 rings (SSSR count). The zero-order valence-electron chi connectivity index (χ0n) is 16.9. The second kappa shape index (κ2) is 8.59. The van der Waals surface area contributed by atoms with E-state index in [0.717, 1.165) is 29.8 Å². The lowest BCUT2D eigenvalue weighted by atomic mass is 10.1. The molecule has 0 atom stereocenters. The highest BCUT2D eigenvalue weighted by atomic mass is 19.1. The zero-order valence-corrected chi connectivity index (χ0v) is 16.9. The van der Waals surface area contributed by atoms with Crippen LogP contribution < -0.4 is 11.1 Å². The second-order valence-corrected chi connectivity index (χ2v) is 7.68. The number of aromatic nitrogens is 1. The summed E-state index contributed by atoms with van der Waals surface area (Å²) in [6.07, 6.45) is 3.51. The van der Waals surface area contributed by atoms with Crippen molar-refractivity contribution < 1.29 is 18.8 Å². The number of benzene rings is 2. The fourth-order valence-electron chi connectivity index (χ4n) is 3.60. The number of fused-ring (bicyclic) bond motifs is 1. The van der Waals surface area contributed by atoms with Gasteiger partial charge in [-0.15, -0.1) is 0 Å². The van der Waals surface area contributed by atoms with Crippen LogP contribution in [0, 0.1) is 5.82 Å². The number of rotatable bonds is 8. The largest absolute Gasteiger partial charge is 0.366 e. The maximum atomic E-state index is 14.4. The van der Waals surface area contributed by atoms with Crippen LogP contribution in [0.3, 0.4) is 0 Å². The first-order valence-corrected chi connectivity index (χ1v) is 10.2. The first kappa shape index (κ1) is 20.6. The molecule has 0 aliphatic heterocycles. The highest BCUT2D eigenvalue weighted by Crippen LogP contribution is 2.29. The third kappa shape index (κ3) is 4.58. The number of halogens is 1. The molecule has 0 saturated heterocycles. The van der Waals surface area contributed by atoms with Crippen molar-refractivity contribution in [2.45, 2.75) is 31.8 Å². The van der Waals surface area contributed by atoms with Crippen LogP contribution in [0.5, 0.6) is 0 Å². The molecule has 1 heterocycles. The van der Waals surface area contributed by atoms with Crippen molar-refractivity contribution >= 4 is 28.6 Å². The Morgan fingerprint density at radius 3 is 2.65 bits per heavy atom. The molecular weight excluding hydrogens is 399 g/mol. The van der Waals surface area contributed by atoms with Gasteiger partial charge in [0.15, 0.2) is 0 Å². The van der Waals surface area contributed by atoms with Crippen molar-refractivity contribution in [3.63, 3.8) is 0 Å². The van der Waals surface area contributed by atoms with E-state index in [1.54, 1.807) is 11.1 Å². The van der Waals surface area contributed by atoms with Crippen LogP contribution in [0.1, 0.15) is 45.5 Å². The topological polar surface area (TPSA) is 108 Å². The molecule has 3 amide bonds. The van der Waals surface area contributed by atoms with Crippen molar-refractivity contribution in [3.05, 3.63) is 71.2 Å². The molecule has 4 N–H and O–H groups in total. The van der Waals surface area contributed by atoms with Crippen LogP contribution in [0.4, 0.5) is 4.39 Å². The third-order valence-corrected chi connectivity index (χ3v) is 5.44. The molecule has 7 nitrogen and oxygen atoms in total. The maximum absolute atomic E-state index is 14.4. The Labute approximate surface area is 178 Å². The summed E-state index contributed by atoms with van der Waals surface area (Å²) in [4.78, 5) is 41.2. The zero-order chi connectivity index (χ0) is 22.0.